The van der Waals surface area contributed by atoms with Crippen LogP contribution in [-0.4, -0.2) is 38.0 Å². The predicted octanol–water partition coefficient (Wildman–Crippen LogP) is 3.15. The van der Waals surface area contributed by atoms with Gasteiger partial charge < -0.3 is 10.2 Å². The molecular formula is C16H34N2O. The van der Waals surface area contributed by atoms with E-state index in [0.29, 0.717) is 5.92 Å². The van der Waals surface area contributed by atoms with Gasteiger partial charge in [-0.05, 0) is 44.8 Å². The van der Waals surface area contributed by atoms with Crippen LogP contribution in [0.25, 0.3) is 0 Å². The third kappa shape index (κ3) is 5.94. The minimum Gasteiger partial charge on any atom is -0.356 e. The molecule has 0 aliphatic rings. The number of carbonyl (C=O) groups is 1. The van der Waals surface area contributed by atoms with Gasteiger partial charge in [0.2, 0.25) is 5.91 Å². The molecule has 0 aromatic heterocycles. The number of hydrogen-bond donors (Lipinski definition) is 1. The van der Waals surface area contributed by atoms with Crippen LogP contribution < -0.4 is 5.32 Å². The predicted molar refractivity (Wildman–Crippen MR) is 83.2 cm³/mol. The first-order chi connectivity index (χ1) is 8.50. The highest BCUT2D eigenvalue weighted by Crippen LogP contribution is 2.43. The maximum atomic E-state index is 12.6. The van der Waals surface area contributed by atoms with Gasteiger partial charge in [-0.25, -0.2) is 0 Å². The zero-order valence-corrected chi connectivity index (χ0v) is 14.3. The summed E-state index contributed by atoms with van der Waals surface area (Å²) >= 11 is 0. The Morgan fingerprint density at radius 3 is 2.05 bits per heavy atom. The normalized spacial score (nSPS) is 15.7. The third-order valence-corrected chi connectivity index (χ3v) is 4.04. The third-order valence-electron chi connectivity index (χ3n) is 4.04. The van der Waals surface area contributed by atoms with E-state index in [4.69, 9.17) is 0 Å². The summed E-state index contributed by atoms with van der Waals surface area (Å²) in [5, 5.41) is 3.12. The van der Waals surface area contributed by atoms with Crippen molar-refractivity contribution in [2.45, 2.75) is 54.4 Å². The molecule has 0 aliphatic heterocycles. The van der Waals surface area contributed by atoms with Crippen molar-refractivity contribution >= 4 is 5.91 Å². The van der Waals surface area contributed by atoms with Crippen LogP contribution in [0.1, 0.15) is 54.4 Å². The van der Waals surface area contributed by atoms with E-state index >= 15 is 0 Å². The van der Waals surface area contributed by atoms with Gasteiger partial charge in [0.1, 0.15) is 0 Å². The van der Waals surface area contributed by atoms with E-state index < -0.39 is 0 Å². The van der Waals surface area contributed by atoms with Gasteiger partial charge in [-0.3, -0.25) is 4.79 Å². The van der Waals surface area contributed by atoms with Crippen molar-refractivity contribution in [1.29, 1.82) is 0 Å². The molecule has 0 spiro atoms. The molecule has 0 bridgehead atoms. The first kappa shape index (κ1) is 18.4. The lowest BCUT2D eigenvalue weighted by molar-refractivity contribution is -0.137. The average Bonchev–Trinajstić information content (AvgIpc) is 2.20. The summed E-state index contributed by atoms with van der Waals surface area (Å²) in [6.45, 7) is 14.7. The molecule has 1 unspecified atom stereocenters. The van der Waals surface area contributed by atoms with Gasteiger partial charge in [0.05, 0.1) is 5.41 Å². The van der Waals surface area contributed by atoms with E-state index in [1.807, 2.05) is 0 Å². The molecule has 0 aliphatic carbocycles. The largest absolute Gasteiger partial charge is 0.356 e. The Bertz CT molecular complexity index is 279. The summed E-state index contributed by atoms with van der Waals surface area (Å²) in [5.74, 6) is 0.726. The van der Waals surface area contributed by atoms with Crippen LogP contribution >= 0.6 is 0 Å². The highest BCUT2D eigenvalue weighted by Gasteiger charge is 2.44. The summed E-state index contributed by atoms with van der Waals surface area (Å²) in [7, 11) is 4.11. The molecule has 0 saturated heterocycles. The van der Waals surface area contributed by atoms with Crippen molar-refractivity contribution in [3.05, 3.63) is 0 Å². The van der Waals surface area contributed by atoms with Crippen LogP contribution in [0.2, 0.25) is 0 Å². The molecule has 0 fully saturated rings. The van der Waals surface area contributed by atoms with Crippen LogP contribution in [0.5, 0.6) is 0 Å². The van der Waals surface area contributed by atoms with Crippen molar-refractivity contribution in [1.82, 2.24) is 10.2 Å². The van der Waals surface area contributed by atoms with E-state index in [-0.39, 0.29) is 16.7 Å². The Morgan fingerprint density at radius 2 is 1.68 bits per heavy atom. The molecule has 1 N–H and O–H groups in total. The topological polar surface area (TPSA) is 32.3 Å². The molecule has 0 radical (unpaired) electrons. The summed E-state index contributed by atoms with van der Waals surface area (Å²) in [4.78, 5) is 14.7. The molecule has 1 atom stereocenters. The molecule has 3 heteroatoms. The summed E-state index contributed by atoms with van der Waals surface area (Å²) < 4.78 is 0. The lowest BCUT2D eigenvalue weighted by Crippen LogP contribution is -2.48. The zero-order valence-electron chi connectivity index (χ0n) is 14.3. The van der Waals surface area contributed by atoms with E-state index in [1.54, 1.807) is 0 Å². The molecule has 3 nitrogen and oxygen atoms in total. The Morgan fingerprint density at radius 1 is 1.16 bits per heavy atom. The fourth-order valence-electron chi connectivity index (χ4n) is 2.35. The fourth-order valence-corrected chi connectivity index (χ4v) is 2.35. The quantitative estimate of drug-likeness (QED) is 0.721. The van der Waals surface area contributed by atoms with Crippen LogP contribution in [0.15, 0.2) is 0 Å². The highest BCUT2D eigenvalue weighted by atomic mass is 16.2. The lowest BCUT2D eigenvalue weighted by atomic mass is 9.63. The van der Waals surface area contributed by atoms with Gasteiger partial charge in [-0.2, -0.15) is 0 Å². The van der Waals surface area contributed by atoms with Gasteiger partial charge in [-0.15, -0.1) is 0 Å². The van der Waals surface area contributed by atoms with Crippen molar-refractivity contribution in [2.75, 3.05) is 27.2 Å². The standard InChI is InChI=1S/C16H34N2O/c1-13(2)12-16(6,15(3,4)5)14(19)17-10-9-11-18(7)8/h13H,9-12H2,1-8H3,(H,17,19). The number of nitrogens with one attached hydrogen (secondary N) is 1. The number of carbonyl (C=O) groups excluding carboxylic acids is 1. The van der Waals surface area contributed by atoms with Crippen molar-refractivity contribution < 1.29 is 4.79 Å². The second kappa shape index (κ2) is 7.28. The van der Waals surface area contributed by atoms with Crippen LogP contribution in [-0.2, 0) is 4.79 Å². The van der Waals surface area contributed by atoms with Gasteiger partial charge in [-0.1, -0.05) is 41.5 Å². The first-order valence-corrected chi connectivity index (χ1v) is 7.43. The summed E-state index contributed by atoms with van der Waals surface area (Å²) in [6.07, 6.45) is 1.93. The van der Waals surface area contributed by atoms with E-state index in [2.05, 4.69) is 65.9 Å². The molecule has 0 heterocycles. The smallest absolute Gasteiger partial charge is 0.226 e. The monoisotopic (exact) mass is 270 g/mol. The molecular weight excluding hydrogens is 236 g/mol. The Kier molecular flexibility index (Phi) is 7.06. The second-order valence-corrected chi connectivity index (χ2v) is 7.59. The van der Waals surface area contributed by atoms with Crippen molar-refractivity contribution in [3.8, 4) is 0 Å². The Balaban J connectivity index is 4.57. The molecule has 114 valence electrons. The molecule has 0 aromatic carbocycles. The molecule has 0 rings (SSSR count). The molecule has 0 aromatic rings. The molecule has 19 heavy (non-hydrogen) atoms. The highest BCUT2D eigenvalue weighted by molar-refractivity contribution is 5.83. The minimum absolute atomic E-state index is 0.0249. The number of nitrogens with zero attached hydrogens (tertiary/aromatic N) is 1. The van der Waals surface area contributed by atoms with Crippen LogP contribution in [0.3, 0.4) is 0 Å². The second-order valence-electron chi connectivity index (χ2n) is 7.59. The molecule has 0 saturated carbocycles. The maximum Gasteiger partial charge on any atom is 0.226 e. The molecule has 1 amide bonds. The Labute approximate surface area is 120 Å². The van der Waals surface area contributed by atoms with Crippen molar-refractivity contribution in [3.63, 3.8) is 0 Å². The van der Waals surface area contributed by atoms with Crippen molar-refractivity contribution in [2.24, 2.45) is 16.7 Å². The zero-order chi connectivity index (χ0) is 15.3. The Hall–Kier alpha value is -0.570. The van der Waals surface area contributed by atoms with Crippen LogP contribution in [0.4, 0.5) is 0 Å². The van der Waals surface area contributed by atoms with Gasteiger partial charge in [0.25, 0.3) is 0 Å². The van der Waals surface area contributed by atoms with Gasteiger partial charge in [0.15, 0.2) is 0 Å². The van der Waals surface area contributed by atoms with E-state index in [1.165, 1.54) is 0 Å². The first-order valence-electron chi connectivity index (χ1n) is 7.43. The minimum atomic E-state index is -0.306. The SMILES string of the molecule is CC(C)CC(C)(C(=O)NCCCN(C)C)C(C)(C)C. The fraction of sp³-hybridized carbons (Fsp3) is 0.938. The number of hydrogen-bond acceptors (Lipinski definition) is 2. The van der Waals surface area contributed by atoms with Gasteiger partial charge in [0, 0.05) is 6.54 Å². The summed E-state index contributed by atoms with van der Waals surface area (Å²) in [6, 6.07) is 0. The number of rotatable bonds is 7. The summed E-state index contributed by atoms with van der Waals surface area (Å²) in [5.41, 5.74) is -0.331. The lowest BCUT2D eigenvalue weighted by Gasteiger charge is -2.41. The number of amides is 1. The maximum absolute atomic E-state index is 12.6. The average molecular weight is 270 g/mol. The van der Waals surface area contributed by atoms with Gasteiger partial charge >= 0.3 is 0 Å². The van der Waals surface area contributed by atoms with Crippen LogP contribution in [0, 0.1) is 16.7 Å². The van der Waals surface area contributed by atoms with E-state index in [0.717, 1.165) is 25.9 Å². The van der Waals surface area contributed by atoms with E-state index in [9.17, 15) is 4.79 Å².